The van der Waals surface area contributed by atoms with Crippen molar-refractivity contribution in [2.24, 2.45) is 5.10 Å². The summed E-state index contributed by atoms with van der Waals surface area (Å²) in [6.07, 6.45) is 1.43. The summed E-state index contributed by atoms with van der Waals surface area (Å²) in [6, 6.07) is 26.8. The summed E-state index contributed by atoms with van der Waals surface area (Å²) < 4.78 is 31.7. The molecule has 2 heterocycles. The molecule has 1 amide bonds. The fraction of sp³-hybridized carbons (Fsp3) is 0.0625. The number of anilines is 1. The van der Waals surface area contributed by atoms with Crippen LogP contribution in [0, 0.1) is 5.82 Å². The van der Waals surface area contributed by atoms with Crippen molar-refractivity contribution in [2.45, 2.75) is 0 Å². The van der Waals surface area contributed by atoms with Crippen molar-refractivity contribution >= 4 is 39.7 Å². The molecular weight excluding hydrogens is 539 g/mol. The summed E-state index contributed by atoms with van der Waals surface area (Å²) in [6.45, 7) is -0.361. The van der Waals surface area contributed by atoms with Crippen LogP contribution >= 0.6 is 0 Å². The summed E-state index contributed by atoms with van der Waals surface area (Å²) >= 11 is 0. The highest BCUT2D eigenvalue weighted by Gasteiger charge is 2.17. The number of furan rings is 1. The standard InChI is InChI=1S/C32H23FN4O5/c1-40-27-12-6-8-21(30(27)41-19-29(38)35-23-15-13-22(33)14-16-23)18-34-37-31(28-17-20-7-2-5-11-26(20)42-28)36-25-10-4-3-9-24(25)32(37)39/h2-18H,19H2,1H3,(H,35,38). The predicted octanol–water partition coefficient (Wildman–Crippen LogP) is 5.86. The van der Waals surface area contributed by atoms with Crippen LogP contribution in [0.4, 0.5) is 10.1 Å². The third-order valence-corrected chi connectivity index (χ3v) is 6.42. The summed E-state index contributed by atoms with van der Waals surface area (Å²) in [5.41, 5.74) is 1.62. The number of methoxy groups -OCH3 is 1. The van der Waals surface area contributed by atoms with E-state index in [4.69, 9.17) is 18.9 Å². The number of benzene rings is 4. The summed E-state index contributed by atoms with van der Waals surface area (Å²) in [7, 11) is 1.47. The second-order valence-electron chi connectivity index (χ2n) is 9.18. The highest BCUT2D eigenvalue weighted by molar-refractivity contribution is 5.92. The van der Waals surface area contributed by atoms with Crippen LogP contribution in [-0.4, -0.2) is 35.5 Å². The van der Waals surface area contributed by atoms with Gasteiger partial charge in [0.25, 0.3) is 11.5 Å². The number of halogens is 1. The molecule has 6 aromatic rings. The van der Waals surface area contributed by atoms with Gasteiger partial charge in [-0.2, -0.15) is 9.78 Å². The molecule has 4 aromatic carbocycles. The Morgan fingerprint density at radius 1 is 1.02 bits per heavy atom. The van der Waals surface area contributed by atoms with Gasteiger partial charge >= 0.3 is 0 Å². The Balaban J connectivity index is 1.36. The molecule has 42 heavy (non-hydrogen) atoms. The number of carbonyl (C=O) groups is 1. The first-order valence-corrected chi connectivity index (χ1v) is 12.9. The molecule has 0 aliphatic rings. The first-order valence-electron chi connectivity index (χ1n) is 12.9. The first-order chi connectivity index (χ1) is 20.5. The molecular formula is C32H23FN4O5. The molecule has 0 spiro atoms. The van der Waals surface area contributed by atoms with E-state index in [-0.39, 0.29) is 18.2 Å². The number of para-hydroxylation sites is 3. The maximum absolute atomic E-state index is 13.6. The number of rotatable bonds is 8. The molecule has 0 aliphatic heterocycles. The van der Waals surface area contributed by atoms with Crippen molar-refractivity contribution in [3.8, 4) is 23.1 Å². The van der Waals surface area contributed by atoms with Crippen LogP contribution in [0.25, 0.3) is 33.5 Å². The summed E-state index contributed by atoms with van der Waals surface area (Å²) in [4.78, 5) is 30.8. The van der Waals surface area contributed by atoms with Crippen molar-refractivity contribution in [3.05, 3.63) is 119 Å². The van der Waals surface area contributed by atoms with Gasteiger partial charge in [0.2, 0.25) is 5.82 Å². The van der Waals surface area contributed by atoms with Gasteiger partial charge in [0.15, 0.2) is 23.9 Å². The lowest BCUT2D eigenvalue weighted by atomic mass is 10.2. The zero-order valence-corrected chi connectivity index (χ0v) is 22.3. The second kappa shape index (κ2) is 11.4. The monoisotopic (exact) mass is 562 g/mol. The number of hydrogen-bond donors (Lipinski definition) is 1. The molecule has 0 saturated heterocycles. The highest BCUT2D eigenvalue weighted by Crippen LogP contribution is 2.31. The Morgan fingerprint density at radius 3 is 2.62 bits per heavy atom. The SMILES string of the molecule is COc1cccc(C=Nn2c(-c3cc4ccccc4o3)nc3ccccc3c2=O)c1OCC(=O)Nc1ccc(F)cc1. The molecule has 2 aromatic heterocycles. The first kappa shape index (κ1) is 26.5. The molecule has 0 atom stereocenters. The van der Waals surface area contributed by atoms with Gasteiger partial charge in [0.1, 0.15) is 11.4 Å². The van der Waals surface area contributed by atoms with Crippen LogP contribution in [0.3, 0.4) is 0 Å². The lowest BCUT2D eigenvalue weighted by molar-refractivity contribution is -0.118. The van der Waals surface area contributed by atoms with E-state index in [1.54, 1.807) is 48.5 Å². The molecule has 0 bridgehead atoms. The molecule has 0 saturated carbocycles. The van der Waals surface area contributed by atoms with Gasteiger partial charge in [-0.3, -0.25) is 9.59 Å². The van der Waals surface area contributed by atoms with E-state index in [1.165, 1.54) is 42.3 Å². The Labute approximate surface area is 238 Å². The lowest BCUT2D eigenvalue weighted by Gasteiger charge is -2.13. The molecule has 10 heteroatoms. The smallest absolute Gasteiger partial charge is 0.282 e. The molecule has 9 nitrogen and oxygen atoms in total. The van der Waals surface area contributed by atoms with Gasteiger partial charge < -0.3 is 19.2 Å². The number of nitrogens with zero attached hydrogens (tertiary/aromatic N) is 3. The number of carbonyl (C=O) groups excluding carboxylic acids is 1. The normalized spacial score (nSPS) is 11.3. The zero-order chi connectivity index (χ0) is 29.1. The van der Waals surface area contributed by atoms with E-state index in [0.717, 1.165) is 5.39 Å². The molecule has 6 rings (SSSR count). The van der Waals surface area contributed by atoms with E-state index < -0.39 is 17.3 Å². The van der Waals surface area contributed by atoms with Gasteiger partial charge in [-0.15, -0.1) is 0 Å². The van der Waals surface area contributed by atoms with Crippen molar-refractivity contribution in [1.82, 2.24) is 9.66 Å². The quantitative estimate of drug-likeness (QED) is 0.233. The summed E-state index contributed by atoms with van der Waals surface area (Å²) in [5, 5.41) is 8.38. The van der Waals surface area contributed by atoms with E-state index in [1.807, 2.05) is 24.3 Å². The Kier molecular flexibility index (Phi) is 7.17. The number of amides is 1. The van der Waals surface area contributed by atoms with Crippen molar-refractivity contribution in [2.75, 3.05) is 19.0 Å². The maximum Gasteiger partial charge on any atom is 0.282 e. The van der Waals surface area contributed by atoms with Crippen LogP contribution in [0.1, 0.15) is 5.56 Å². The molecule has 1 N–H and O–H groups in total. The van der Waals surface area contributed by atoms with Crippen molar-refractivity contribution < 1.29 is 23.1 Å². The average Bonchev–Trinajstić information content (AvgIpc) is 3.45. The van der Waals surface area contributed by atoms with E-state index in [9.17, 15) is 14.0 Å². The largest absolute Gasteiger partial charge is 0.493 e. The topological polar surface area (TPSA) is 108 Å². The highest BCUT2D eigenvalue weighted by atomic mass is 19.1. The fourth-order valence-electron chi connectivity index (χ4n) is 4.42. The Hall–Kier alpha value is -5.77. The fourth-order valence-corrected chi connectivity index (χ4v) is 4.42. The van der Waals surface area contributed by atoms with Crippen molar-refractivity contribution in [1.29, 1.82) is 0 Å². The number of hydrogen-bond acceptors (Lipinski definition) is 7. The van der Waals surface area contributed by atoms with E-state index in [2.05, 4.69) is 10.4 Å². The molecule has 208 valence electrons. The molecule has 0 fully saturated rings. The lowest BCUT2D eigenvalue weighted by Crippen LogP contribution is -2.21. The van der Waals surface area contributed by atoms with Crippen LogP contribution in [0.2, 0.25) is 0 Å². The maximum atomic E-state index is 13.6. The number of nitrogens with one attached hydrogen (secondary N) is 1. The van der Waals surface area contributed by atoms with Crippen LogP contribution in [-0.2, 0) is 4.79 Å². The Morgan fingerprint density at radius 2 is 1.81 bits per heavy atom. The zero-order valence-electron chi connectivity index (χ0n) is 22.3. The minimum Gasteiger partial charge on any atom is -0.493 e. The number of fused-ring (bicyclic) bond motifs is 2. The van der Waals surface area contributed by atoms with Crippen LogP contribution in [0.15, 0.2) is 111 Å². The van der Waals surface area contributed by atoms with E-state index in [0.29, 0.717) is 39.2 Å². The third kappa shape index (κ3) is 5.33. The van der Waals surface area contributed by atoms with Crippen LogP contribution < -0.4 is 20.3 Å². The van der Waals surface area contributed by atoms with Gasteiger partial charge in [-0.1, -0.05) is 36.4 Å². The third-order valence-electron chi connectivity index (χ3n) is 6.42. The average molecular weight is 563 g/mol. The van der Waals surface area contributed by atoms with Gasteiger partial charge in [0.05, 0.1) is 24.2 Å². The van der Waals surface area contributed by atoms with Gasteiger partial charge in [-0.25, -0.2) is 9.37 Å². The Bertz CT molecular complexity index is 1980. The van der Waals surface area contributed by atoms with Gasteiger partial charge in [-0.05, 0) is 60.7 Å². The van der Waals surface area contributed by atoms with Gasteiger partial charge in [0, 0.05) is 16.6 Å². The minimum absolute atomic E-state index is 0.218. The molecule has 0 radical (unpaired) electrons. The minimum atomic E-state index is -0.461. The number of ether oxygens (including phenoxy) is 2. The predicted molar refractivity (Wildman–Crippen MR) is 158 cm³/mol. The second-order valence-corrected chi connectivity index (χ2v) is 9.18. The van der Waals surface area contributed by atoms with Crippen molar-refractivity contribution in [3.63, 3.8) is 0 Å². The van der Waals surface area contributed by atoms with E-state index >= 15 is 0 Å². The molecule has 0 aliphatic carbocycles. The molecule has 0 unspecified atom stereocenters. The van der Waals surface area contributed by atoms with Crippen LogP contribution in [0.5, 0.6) is 11.5 Å². The number of aromatic nitrogens is 2. The summed E-state index contributed by atoms with van der Waals surface area (Å²) in [5.74, 6) is 0.315.